The lowest BCUT2D eigenvalue weighted by Gasteiger charge is -2.41. The number of para-hydroxylation sites is 1. The zero-order valence-corrected chi connectivity index (χ0v) is 90.7. The van der Waals surface area contributed by atoms with Gasteiger partial charge in [0.15, 0.2) is 0 Å². The van der Waals surface area contributed by atoms with Crippen LogP contribution in [0.25, 0.3) is 0 Å². The average Bonchev–Trinajstić information content (AvgIpc) is 1.64. The fraction of sp³-hybridized carbons (Fsp3) is 0.807. The van der Waals surface area contributed by atoms with Crippen molar-refractivity contribution in [2.24, 2.45) is 40.9 Å². The Labute approximate surface area is 821 Å². The second kappa shape index (κ2) is 62.1. The molecule has 774 valence electrons. The molecule has 10 aliphatic heterocycles. The van der Waals surface area contributed by atoms with Gasteiger partial charge in [0.1, 0.15) is 35.2 Å². The van der Waals surface area contributed by atoms with Gasteiger partial charge in [0.2, 0.25) is 5.91 Å². The standard InChI is InChI=1S/C16H23N.C14H19NO2.C11H23N3O.C11H21NO.C10H20N2O.3C10H19NO.C9H19N3.C8H15NO3/c1-13(2)17-9-7-16(8-10-17)11-14-5-3-4-6-15(14)12-16;1-4-17-14(16)13-9-11-7-5-6-8-12(11)15(13)10(2)3;1-9(2)12-11(15)14-7-5-13(6-8-14)10(3)4;1-9(2)11-4-6-12(7-5-11)8-10(3)13;1-9(2)12-6-4-11(5-7-12)8-10(3)13;2*1-8(2)11-6-4-10(5-7-11)9(3)12;1-8(2)10-4-6-11(7-5-10)9(3)12;1-8(2)11-4-6-12(7-5-11)9(3)10;1-5(2)9-4-6(10)3-7(9)8(11)12/h3-6,13H,7-12H2,1-2H3;5-8,10,13H,4,9H2,1-3H3;9-10H,5-8H2,1-4H3,(H,12,15);9,11H,4-8H2,1-3H3;9H,4-8H2,1-3H3;4*8,10H,4-7H2,1-3H3;5-7,10H,3-4H2,1-2H3,(H,11,12)/t;;;;;;;;;6-,7+/m.........1/s1. The van der Waals surface area contributed by atoms with E-state index in [2.05, 4.69) is 215 Å². The summed E-state index contributed by atoms with van der Waals surface area (Å²) in [5.74, 6) is 5.30. The van der Waals surface area contributed by atoms with E-state index in [9.17, 15) is 43.5 Å². The number of amides is 3. The number of ketones is 4. The van der Waals surface area contributed by atoms with Crippen molar-refractivity contribution in [1.29, 1.82) is 5.41 Å². The first-order valence-electron chi connectivity index (χ1n) is 52.7. The highest BCUT2D eigenvalue weighted by atomic mass is 16.5. The van der Waals surface area contributed by atoms with Crippen LogP contribution in [-0.4, -0.2) is 365 Å². The number of carboxylic acid groups (broad SMARTS) is 1. The van der Waals surface area contributed by atoms with Gasteiger partial charge in [-0.3, -0.25) is 63.6 Å². The van der Waals surface area contributed by atoms with E-state index in [1.165, 1.54) is 75.7 Å². The van der Waals surface area contributed by atoms with Crippen LogP contribution in [-0.2, 0) is 57.6 Å². The quantitative estimate of drug-likeness (QED) is 0.0545. The number of amidine groups is 1. The number of rotatable bonds is 20. The number of piperazine rings is 3. The Bertz CT molecular complexity index is 3510. The van der Waals surface area contributed by atoms with E-state index in [1.807, 2.05) is 68.4 Å². The molecule has 3 atom stereocenters. The summed E-state index contributed by atoms with van der Waals surface area (Å²) in [5.41, 5.74) is 6.24. The summed E-state index contributed by atoms with van der Waals surface area (Å²) in [6, 6.07) is 21.2. The normalized spacial score (nSPS) is 21.6. The monoisotopic (exact) mass is 1890 g/mol. The molecule has 9 saturated heterocycles. The van der Waals surface area contributed by atoms with Gasteiger partial charge >= 0.3 is 18.0 Å². The number of β-amino-alcohol motifs (C(OH)–C–C–N with tert-alkyl or cyclic N) is 1. The predicted octanol–water partition coefficient (Wildman–Crippen LogP) is 15.6. The minimum Gasteiger partial charge on any atom is -0.480 e. The Hall–Kier alpha value is -6.33. The highest BCUT2D eigenvalue weighted by molar-refractivity contribution is 5.84. The van der Waals surface area contributed by atoms with Crippen LogP contribution < -0.4 is 10.2 Å². The van der Waals surface area contributed by atoms with Gasteiger partial charge in [-0.25, -0.2) is 9.59 Å². The molecule has 10 heterocycles. The molecule has 1 spiro atoms. The Balaban J connectivity index is 0.000000314. The third-order valence-corrected chi connectivity index (χ3v) is 29.7. The van der Waals surface area contributed by atoms with Crippen molar-refractivity contribution < 1.29 is 53.3 Å². The number of Topliss-reactive ketones (excluding diaryl/α,β-unsaturated/α-hetero) is 4. The summed E-state index contributed by atoms with van der Waals surface area (Å²) < 4.78 is 5.16. The lowest BCUT2D eigenvalue weighted by atomic mass is 9.76. The van der Waals surface area contributed by atoms with Crippen molar-refractivity contribution in [2.75, 3.05) is 175 Å². The number of hydrogen-bond donors (Lipinski definition) is 4. The molecular formula is C109H197N15O11. The van der Waals surface area contributed by atoms with E-state index < -0.39 is 18.1 Å². The van der Waals surface area contributed by atoms with Gasteiger partial charge in [0, 0.05) is 190 Å². The van der Waals surface area contributed by atoms with Crippen LogP contribution in [0.15, 0.2) is 48.5 Å². The van der Waals surface area contributed by atoms with E-state index in [4.69, 9.17) is 15.3 Å². The maximum Gasteiger partial charge on any atom is 0.329 e. The van der Waals surface area contributed by atoms with Crippen LogP contribution in [0.5, 0.6) is 0 Å². The SMILES string of the molecule is CC(=N)N1CCN(C(C)C)CC1.CC(=O)C1CCN(C(C)C)CC1.CC(=O)C1CCN(C(C)C)CC1.CC(=O)CN1CCC(C(C)C)CC1.CC(=O)CN1CCN(C(C)C)CC1.CC(=O)N1CCC(C(C)C)CC1.CC(C)N1CCC2(CC1)Cc1ccccc1C2.CC(C)N1C[C@H](O)C[C@H]1C(=O)O.CC(C)NC(=O)N1CCN(C(C)C)CC1.CCOC(=O)C1Cc2ccccc2N1C(C)C. The first-order chi connectivity index (χ1) is 63.5. The molecule has 13 rings (SSSR count). The Morgan fingerprint density at radius 3 is 1.12 bits per heavy atom. The van der Waals surface area contributed by atoms with Crippen molar-refractivity contribution in [2.45, 2.75) is 363 Å². The van der Waals surface area contributed by atoms with Gasteiger partial charge in [-0.1, -0.05) is 70.2 Å². The molecule has 11 aliphatic rings. The van der Waals surface area contributed by atoms with Crippen LogP contribution in [0.3, 0.4) is 0 Å². The molecule has 3 amide bonds. The summed E-state index contributed by atoms with van der Waals surface area (Å²) in [6.45, 7) is 85.7. The highest BCUT2D eigenvalue weighted by Crippen LogP contribution is 2.45. The zero-order chi connectivity index (χ0) is 101. The molecule has 4 N–H and O–H groups in total. The second-order valence-corrected chi connectivity index (χ2v) is 43.6. The molecule has 0 bridgehead atoms. The maximum atomic E-state index is 12.0. The number of nitrogens with zero attached hydrogens (tertiary/aromatic N) is 13. The number of ether oxygens (including phenoxy) is 1. The topological polar surface area (TPSA) is 264 Å². The first-order valence-corrected chi connectivity index (χ1v) is 52.7. The van der Waals surface area contributed by atoms with Crippen molar-refractivity contribution in [3.63, 3.8) is 0 Å². The molecule has 135 heavy (non-hydrogen) atoms. The predicted molar refractivity (Wildman–Crippen MR) is 556 cm³/mol. The summed E-state index contributed by atoms with van der Waals surface area (Å²) in [7, 11) is 0. The highest BCUT2D eigenvalue weighted by Gasteiger charge is 2.42. The number of aliphatic hydroxyl groups is 1. The number of carbonyl (C=O) groups is 8. The molecule has 2 aromatic rings. The largest absolute Gasteiger partial charge is 0.480 e. The number of likely N-dealkylation sites (tertiary alicyclic amines) is 6. The van der Waals surface area contributed by atoms with Crippen LogP contribution >= 0.6 is 0 Å². The van der Waals surface area contributed by atoms with Gasteiger partial charge in [-0.05, 0) is 347 Å². The smallest absolute Gasteiger partial charge is 0.329 e. The zero-order valence-electron chi connectivity index (χ0n) is 90.7. The third kappa shape index (κ3) is 43.8. The lowest BCUT2D eigenvalue weighted by molar-refractivity contribution is -0.145. The van der Waals surface area contributed by atoms with Crippen molar-refractivity contribution >= 4 is 58.5 Å². The average molecular weight is 1890 g/mol. The number of fused-ring (bicyclic) bond motifs is 2. The number of esters is 1. The fourth-order valence-electron chi connectivity index (χ4n) is 20.5. The molecule has 1 unspecified atom stereocenters. The molecule has 9 fully saturated rings. The Kier molecular flexibility index (Phi) is 55.6. The number of carboxylic acids is 1. The second-order valence-electron chi connectivity index (χ2n) is 43.6. The molecule has 26 nitrogen and oxygen atoms in total. The molecule has 1 aliphatic carbocycles. The minimum absolute atomic E-state index is 0.0772. The Morgan fingerprint density at radius 2 is 0.785 bits per heavy atom. The van der Waals surface area contributed by atoms with E-state index >= 15 is 0 Å². The van der Waals surface area contributed by atoms with E-state index in [0.29, 0.717) is 109 Å². The number of anilines is 1. The van der Waals surface area contributed by atoms with Gasteiger partial charge in [-0.15, -0.1) is 0 Å². The Morgan fingerprint density at radius 1 is 0.422 bits per heavy atom. The van der Waals surface area contributed by atoms with Gasteiger partial charge in [0.05, 0.1) is 31.6 Å². The van der Waals surface area contributed by atoms with Gasteiger partial charge in [0.25, 0.3) is 0 Å². The third-order valence-electron chi connectivity index (χ3n) is 29.7. The molecule has 26 heteroatoms. The molecule has 0 aromatic heterocycles. The van der Waals surface area contributed by atoms with Crippen LogP contribution in [0.4, 0.5) is 10.5 Å². The van der Waals surface area contributed by atoms with E-state index in [1.54, 1.807) is 45.7 Å². The van der Waals surface area contributed by atoms with Gasteiger partial charge in [-0.2, -0.15) is 0 Å². The van der Waals surface area contributed by atoms with Crippen LogP contribution in [0, 0.1) is 46.3 Å². The first kappa shape index (κ1) is 121. The number of benzene rings is 2. The molecule has 0 saturated carbocycles. The molecule has 2 aromatic carbocycles. The number of nitrogens with one attached hydrogen (secondary N) is 2. The van der Waals surface area contributed by atoms with Crippen molar-refractivity contribution in [3.05, 3.63) is 65.2 Å². The molecular weight excluding hydrogens is 1700 g/mol. The number of carbonyl (C=O) groups excluding carboxylic acids is 7. The fourth-order valence-corrected chi connectivity index (χ4v) is 20.5. The number of urea groups is 1. The summed E-state index contributed by atoms with van der Waals surface area (Å²) in [4.78, 5) is 119. The number of piperidine rings is 5. The van der Waals surface area contributed by atoms with E-state index in [-0.39, 0.29) is 41.8 Å². The summed E-state index contributed by atoms with van der Waals surface area (Å²) in [6.07, 6.45) is 15.2. The lowest BCUT2D eigenvalue weighted by Crippen LogP contribution is -2.54. The van der Waals surface area contributed by atoms with E-state index in [0.717, 1.165) is 193 Å². The van der Waals surface area contributed by atoms with Crippen molar-refractivity contribution in [1.82, 2.24) is 64.1 Å². The molecule has 0 radical (unpaired) electrons. The summed E-state index contributed by atoms with van der Waals surface area (Å²) >= 11 is 0. The van der Waals surface area contributed by atoms with Crippen molar-refractivity contribution in [3.8, 4) is 0 Å². The van der Waals surface area contributed by atoms with Crippen LogP contribution in [0.2, 0.25) is 0 Å². The number of hydrogen-bond acceptors (Lipinski definition) is 21. The minimum atomic E-state index is -0.833. The number of aliphatic carboxylic acids is 1. The number of aliphatic hydroxyl groups excluding tert-OH is 1. The maximum absolute atomic E-state index is 12.0. The van der Waals surface area contributed by atoms with Gasteiger partial charge < -0.3 is 54.6 Å². The van der Waals surface area contributed by atoms with Crippen LogP contribution in [0.1, 0.15) is 288 Å². The summed E-state index contributed by atoms with van der Waals surface area (Å²) in [5, 5.41) is 28.5.